The van der Waals surface area contributed by atoms with Crippen LogP contribution in [0.25, 0.3) is 0 Å². The average molecular weight is 333 g/mol. The van der Waals surface area contributed by atoms with E-state index in [4.69, 9.17) is 4.42 Å². The average Bonchev–Trinajstić information content (AvgIpc) is 3.03. The van der Waals surface area contributed by atoms with Gasteiger partial charge in [-0.3, -0.25) is 4.79 Å². The summed E-state index contributed by atoms with van der Waals surface area (Å²) < 4.78 is 30.3. The molecule has 0 bridgehead atoms. The molecule has 0 spiro atoms. The zero-order chi connectivity index (χ0) is 16.3. The largest absolute Gasteiger partial charge is 0.459 e. The van der Waals surface area contributed by atoms with E-state index in [0.29, 0.717) is 18.7 Å². The van der Waals surface area contributed by atoms with E-state index in [-0.39, 0.29) is 22.3 Å². The first kappa shape index (κ1) is 15.8. The number of sulfone groups is 1. The molecule has 0 saturated carbocycles. The van der Waals surface area contributed by atoms with Crippen LogP contribution in [-0.2, 0) is 15.6 Å². The lowest BCUT2D eigenvalue weighted by atomic mass is 10.1. The molecule has 0 unspecified atom stereocenters. The van der Waals surface area contributed by atoms with Gasteiger partial charge >= 0.3 is 0 Å². The molecule has 2 heterocycles. The molecular weight excluding hydrogens is 314 g/mol. The third kappa shape index (κ3) is 3.47. The molecule has 0 aliphatic carbocycles. The van der Waals surface area contributed by atoms with Gasteiger partial charge in [0.15, 0.2) is 15.6 Å². The van der Waals surface area contributed by atoms with Crippen molar-refractivity contribution < 1.29 is 17.6 Å². The van der Waals surface area contributed by atoms with Gasteiger partial charge in [0.2, 0.25) is 0 Å². The minimum Gasteiger partial charge on any atom is -0.459 e. The summed E-state index contributed by atoms with van der Waals surface area (Å²) in [7, 11) is -3.50. The van der Waals surface area contributed by atoms with Crippen LogP contribution in [0.5, 0.6) is 0 Å². The van der Waals surface area contributed by atoms with E-state index in [2.05, 4.69) is 0 Å². The highest BCUT2D eigenvalue weighted by atomic mass is 32.2. The zero-order valence-electron chi connectivity index (χ0n) is 12.8. The molecular formula is C17H19NO4S. The molecule has 0 N–H and O–H groups in total. The molecule has 3 rings (SSSR count). The van der Waals surface area contributed by atoms with Crippen LogP contribution in [0.1, 0.15) is 35.4 Å². The molecule has 1 aliphatic rings. The number of benzene rings is 1. The Morgan fingerprint density at radius 3 is 2.43 bits per heavy atom. The Morgan fingerprint density at radius 1 is 1.04 bits per heavy atom. The van der Waals surface area contributed by atoms with Gasteiger partial charge in [0.25, 0.3) is 5.91 Å². The van der Waals surface area contributed by atoms with Gasteiger partial charge in [-0.05, 0) is 37.5 Å². The molecule has 1 aromatic carbocycles. The maximum atomic E-state index is 12.5. The number of furan rings is 1. The Labute approximate surface area is 135 Å². The van der Waals surface area contributed by atoms with Gasteiger partial charge in [-0.25, -0.2) is 8.42 Å². The lowest BCUT2D eigenvalue weighted by molar-refractivity contribution is 0.0691. The minimum absolute atomic E-state index is 0.145. The molecule has 1 fully saturated rings. The van der Waals surface area contributed by atoms with Crippen molar-refractivity contribution in [3.8, 4) is 0 Å². The van der Waals surface area contributed by atoms with Crippen LogP contribution in [-0.4, -0.2) is 32.3 Å². The maximum absolute atomic E-state index is 12.5. The van der Waals surface area contributed by atoms with Crippen LogP contribution in [0.2, 0.25) is 0 Å². The van der Waals surface area contributed by atoms with Crippen LogP contribution in [0.3, 0.4) is 0 Å². The van der Waals surface area contributed by atoms with Crippen LogP contribution in [0, 0.1) is 0 Å². The zero-order valence-corrected chi connectivity index (χ0v) is 13.6. The minimum atomic E-state index is -3.50. The van der Waals surface area contributed by atoms with E-state index in [9.17, 15) is 13.2 Å². The summed E-state index contributed by atoms with van der Waals surface area (Å²) in [6.07, 6.45) is 4.46. The summed E-state index contributed by atoms with van der Waals surface area (Å²) in [5, 5.41) is 0. The lowest BCUT2D eigenvalue weighted by Crippen LogP contribution is -2.35. The van der Waals surface area contributed by atoms with Gasteiger partial charge in [0.1, 0.15) is 0 Å². The lowest BCUT2D eigenvalue weighted by Gasteiger charge is -2.26. The third-order valence-corrected chi connectivity index (χ3v) is 5.71. The number of hydrogen-bond acceptors (Lipinski definition) is 4. The van der Waals surface area contributed by atoms with Crippen molar-refractivity contribution in [3.63, 3.8) is 0 Å². The first-order chi connectivity index (χ1) is 11.1. The van der Waals surface area contributed by atoms with Gasteiger partial charge in [-0.15, -0.1) is 0 Å². The summed E-state index contributed by atoms with van der Waals surface area (Å²) in [5.41, 5.74) is 0.421. The molecule has 23 heavy (non-hydrogen) atoms. The van der Waals surface area contributed by atoms with Gasteiger partial charge in [0, 0.05) is 18.7 Å². The molecule has 1 aliphatic heterocycles. The fraction of sp³-hybridized carbons (Fsp3) is 0.353. The topological polar surface area (TPSA) is 67.6 Å². The number of nitrogens with zero attached hydrogens (tertiary/aromatic N) is 1. The molecule has 0 atom stereocenters. The standard InChI is InChI=1S/C17H19NO4S/c19-17(18-10-5-2-6-11-18)16-14(9-12-22-16)13-23(20,21)15-7-3-1-4-8-15/h1,3-4,7-9,12H,2,5-6,10-11,13H2. The molecule has 1 amide bonds. The number of hydrogen-bond donors (Lipinski definition) is 0. The Hall–Kier alpha value is -2.08. The van der Waals surface area contributed by atoms with Crippen LogP contribution in [0.15, 0.2) is 52.0 Å². The van der Waals surface area contributed by atoms with Gasteiger partial charge in [0.05, 0.1) is 16.9 Å². The predicted octanol–water partition coefficient (Wildman–Crippen LogP) is 2.88. The van der Waals surface area contributed by atoms with Crippen LogP contribution >= 0.6 is 0 Å². The highest BCUT2D eigenvalue weighted by Crippen LogP contribution is 2.22. The first-order valence-electron chi connectivity index (χ1n) is 7.71. The molecule has 2 aromatic rings. The van der Waals surface area contributed by atoms with E-state index in [1.807, 2.05) is 0 Å². The second-order valence-electron chi connectivity index (χ2n) is 5.70. The predicted molar refractivity (Wildman–Crippen MR) is 85.8 cm³/mol. The van der Waals surface area contributed by atoms with Gasteiger partial charge in [-0.1, -0.05) is 18.2 Å². The summed E-state index contributed by atoms with van der Waals surface area (Å²) in [6.45, 7) is 1.40. The van der Waals surface area contributed by atoms with Crippen molar-refractivity contribution in [1.29, 1.82) is 0 Å². The second kappa shape index (κ2) is 6.58. The molecule has 1 saturated heterocycles. The highest BCUT2D eigenvalue weighted by molar-refractivity contribution is 7.90. The van der Waals surface area contributed by atoms with E-state index in [1.54, 1.807) is 41.3 Å². The van der Waals surface area contributed by atoms with Crippen LogP contribution < -0.4 is 0 Å². The second-order valence-corrected chi connectivity index (χ2v) is 7.69. The first-order valence-corrected chi connectivity index (χ1v) is 9.36. The quantitative estimate of drug-likeness (QED) is 0.863. The van der Waals surface area contributed by atoms with E-state index in [0.717, 1.165) is 19.3 Å². The van der Waals surface area contributed by atoms with E-state index < -0.39 is 9.84 Å². The summed E-state index contributed by atoms with van der Waals surface area (Å²) in [4.78, 5) is 14.5. The van der Waals surface area contributed by atoms with Crippen molar-refractivity contribution in [2.75, 3.05) is 13.1 Å². The number of likely N-dealkylation sites (tertiary alicyclic amines) is 1. The van der Waals surface area contributed by atoms with Crippen molar-refractivity contribution in [1.82, 2.24) is 4.90 Å². The Morgan fingerprint density at radius 2 is 1.74 bits per heavy atom. The summed E-state index contributed by atoms with van der Waals surface area (Å²) in [5.74, 6) is -0.304. The third-order valence-electron chi connectivity index (χ3n) is 4.03. The fourth-order valence-corrected chi connectivity index (χ4v) is 4.17. The monoisotopic (exact) mass is 333 g/mol. The summed E-state index contributed by atoms with van der Waals surface area (Å²) in [6, 6.07) is 9.81. The molecule has 5 nitrogen and oxygen atoms in total. The molecule has 1 aromatic heterocycles. The Balaban J connectivity index is 1.82. The number of carbonyl (C=O) groups excluding carboxylic acids is 1. The molecule has 122 valence electrons. The highest BCUT2D eigenvalue weighted by Gasteiger charge is 2.26. The molecule has 0 radical (unpaired) electrons. The van der Waals surface area contributed by atoms with Crippen LogP contribution in [0.4, 0.5) is 0 Å². The van der Waals surface area contributed by atoms with Gasteiger partial charge in [-0.2, -0.15) is 0 Å². The Bertz CT molecular complexity index is 774. The number of rotatable bonds is 4. The number of piperidine rings is 1. The maximum Gasteiger partial charge on any atom is 0.289 e. The Kier molecular flexibility index (Phi) is 4.52. The normalized spacial score (nSPS) is 15.6. The van der Waals surface area contributed by atoms with Crippen molar-refractivity contribution in [2.45, 2.75) is 29.9 Å². The van der Waals surface area contributed by atoms with E-state index >= 15 is 0 Å². The van der Waals surface area contributed by atoms with Gasteiger partial charge < -0.3 is 9.32 Å². The smallest absolute Gasteiger partial charge is 0.289 e. The summed E-state index contributed by atoms with van der Waals surface area (Å²) >= 11 is 0. The van der Waals surface area contributed by atoms with E-state index in [1.165, 1.54) is 6.26 Å². The van der Waals surface area contributed by atoms with Crippen molar-refractivity contribution in [2.24, 2.45) is 0 Å². The fourth-order valence-electron chi connectivity index (χ4n) is 2.79. The SMILES string of the molecule is O=C(c1occc1CS(=O)(=O)c1ccccc1)N1CCCCC1. The number of amides is 1. The van der Waals surface area contributed by atoms with Crippen molar-refractivity contribution >= 4 is 15.7 Å². The molecule has 6 heteroatoms. The number of carbonyl (C=O) groups is 1. The van der Waals surface area contributed by atoms with Crippen molar-refractivity contribution in [3.05, 3.63) is 54.0 Å².